The molecule has 0 fully saturated rings. The molecule has 0 saturated heterocycles. The molecule has 3 rings (SSSR count). The zero-order valence-electron chi connectivity index (χ0n) is 15.1. The van der Waals surface area contributed by atoms with E-state index in [1.54, 1.807) is 6.07 Å². The summed E-state index contributed by atoms with van der Waals surface area (Å²) in [6, 6.07) is 6.77. The van der Waals surface area contributed by atoms with Crippen LogP contribution in [0, 0.1) is 11.6 Å². The summed E-state index contributed by atoms with van der Waals surface area (Å²) in [5.41, 5.74) is -1.03. The highest BCUT2D eigenvalue weighted by Crippen LogP contribution is 2.18. The Labute approximate surface area is 157 Å². The van der Waals surface area contributed by atoms with Gasteiger partial charge >= 0.3 is 5.69 Å². The average molecular weight is 389 g/mol. The number of carbonyl (C=O) groups excluding carboxylic acids is 1. The predicted molar refractivity (Wildman–Crippen MR) is 98.3 cm³/mol. The second kappa shape index (κ2) is 7.63. The van der Waals surface area contributed by atoms with Gasteiger partial charge < -0.3 is 15.0 Å². The van der Waals surface area contributed by atoms with E-state index in [0.29, 0.717) is 11.8 Å². The Balaban J connectivity index is 1.85. The minimum absolute atomic E-state index is 0.0848. The molecule has 146 valence electrons. The minimum Gasteiger partial charge on any atom is -0.497 e. The molecule has 3 aromatic rings. The largest absolute Gasteiger partial charge is 0.497 e. The van der Waals surface area contributed by atoms with E-state index >= 15 is 0 Å². The third-order valence-electron chi connectivity index (χ3n) is 4.30. The van der Waals surface area contributed by atoms with E-state index in [1.165, 1.54) is 32.2 Å². The Bertz CT molecular complexity index is 1170. The number of carbonyl (C=O) groups is 1. The van der Waals surface area contributed by atoms with E-state index in [2.05, 4.69) is 10.3 Å². The first-order chi connectivity index (χ1) is 13.3. The number of amides is 1. The van der Waals surface area contributed by atoms with Crippen LogP contribution in [0.15, 0.2) is 46.0 Å². The summed E-state index contributed by atoms with van der Waals surface area (Å²) >= 11 is 0. The van der Waals surface area contributed by atoms with Crippen molar-refractivity contribution in [2.45, 2.75) is 19.5 Å². The van der Waals surface area contributed by atoms with Crippen LogP contribution in [-0.4, -0.2) is 22.6 Å². The van der Waals surface area contributed by atoms with Crippen molar-refractivity contribution < 1.29 is 18.3 Å². The number of nitrogens with zero attached hydrogens (tertiary/aromatic N) is 1. The smallest absolute Gasteiger partial charge is 0.329 e. The number of aromatic nitrogens is 2. The standard InChI is InChI=1S/C19H17F2N3O4/c1-10(13-5-3-11(20)7-15(13)21)22-17(25)9-24-18(26)14-6-4-12(28-2)8-16(14)23-19(24)27/h3-8,10H,9H2,1-2H3,(H,22,25)(H,23,27)/t10-/m0/s1. The van der Waals surface area contributed by atoms with Crippen molar-refractivity contribution in [1.82, 2.24) is 14.9 Å². The Kier molecular flexibility index (Phi) is 5.25. The normalized spacial score (nSPS) is 12.0. The van der Waals surface area contributed by atoms with Crippen LogP contribution in [0.4, 0.5) is 8.78 Å². The number of fused-ring (bicyclic) bond motifs is 1. The molecule has 0 spiro atoms. The summed E-state index contributed by atoms with van der Waals surface area (Å²) in [4.78, 5) is 39.6. The van der Waals surface area contributed by atoms with Gasteiger partial charge in [-0.1, -0.05) is 6.07 Å². The molecular weight excluding hydrogens is 372 g/mol. The van der Waals surface area contributed by atoms with Crippen molar-refractivity contribution in [3.8, 4) is 5.75 Å². The van der Waals surface area contributed by atoms with Crippen molar-refractivity contribution in [3.63, 3.8) is 0 Å². The minimum atomic E-state index is -0.803. The lowest BCUT2D eigenvalue weighted by Gasteiger charge is -2.15. The highest BCUT2D eigenvalue weighted by atomic mass is 19.1. The number of rotatable bonds is 5. The zero-order chi connectivity index (χ0) is 20.4. The van der Waals surface area contributed by atoms with Gasteiger partial charge in [0, 0.05) is 17.7 Å². The Morgan fingerprint density at radius 3 is 2.64 bits per heavy atom. The Morgan fingerprint density at radius 2 is 1.96 bits per heavy atom. The molecule has 0 saturated carbocycles. The quantitative estimate of drug-likeness (QED) is 0.697. The number of methoxy groups -OCH3 is 1. The van der Waals surface area contributed by atoms with Crippen molar-refractivity contribution in [3.05, 3.63) is 74.4 Å². The Morgan fingerprint density at radius 1 is 1.21 bits per heavy atom. The van der Waals surface area contributed by atoms with Crippen molar-refractivity contribution in [2.75, 3.05) is 7.11 Å². The maximum absolute atomic E-state index is 13.8. The van der Waals surface area contributed by atoms with Crippen molar-refractivity contribution in [1.29, 1.82) is 0 Å². The lowest BCUT2D eigenvalue weighted by atomic mass is 10.1. The molecule has 2 aromatic carbocycles. The number of halogens is 2. The third kappa shape index (κ3) is 3.78. The Hall–Kier alpha value is -3.49. The van der Waals surface area contributed by atoms with Crippen molar-refractivity contribution >= 4 is 16.8 Å². The van der Waals surface area contributed by atoms with Crippen LogP contribution in [0.2, 0.25) is 0 Å². The first kappa shape index (κ1) is 19.3. The second-order valence-electron chi connectivity index (χ2n) is 6.19. The average Bonchev–Trinajstić information content (AvgIpc) is 2.64. The molecule has 9 heteroatoms. The van der Waals surface area contributed by atoms with E-state index < -0.39 is 41.4 Å². The van der Waals surface area contributed by atoms with Crippen LogP contribution in [-0.2, 0) is 11.3 Å². The molecule has 0 aliphatic carbocycles. The number of aromatic amines is 1. The van der Waals surface area contributed by atoms with Gasteiger partial charge in [0.1, 0.15) is 23.9 Å². The summed E-state index contributed by atoms with van der Waals surface area (Å²) in [5, 5.41) is 2.71. The van der Waals surface area contributed by atoms with E-state index in [9.17, 15) is 23.2 Å². The summed E-state index contributed by atoms with van der Waals surface area (Å²) < 4.78 is 32.6. The highest BCUT2D eigenvalue weighted by molar-refractivity contribution is 5.80. The molecule has 2 N–H and O–H groups in total. The summed E-state index contributed by atoms with van der Waals surface area (Å²) in [6.07, 6.45) is 0. The fourth-order valence-electron chi connectivity index (χ4n) is 2.87. The van der Waals surface area contributed by atoms with Crippen LogP contribution >= 0.6 is 0 Å². The number of hydrogen-bond donors (Lipinski definition) is 2. The van der Waals surface area contributed by atoms with Gasteiger partial charge in [-0.2, -0.15) is 0 Å². The lowest BCUT2D eigenvalue weighted by molar-refractivity contribution is -0.122. The molecule has 1 atom stereocenters. The van der Waals surface area contributed by atoms with Gasteiger partial charge in [0.25, 0.3) is 5.56 Å². The molecule has 0 aliphatic rings. The topological polar surface area (TPSA) is 93.2 Å². The second-order valence-corrected chi connectivity index (χ2v) is 6.19. The fraction of sp³-hybridized carbons (Fsp3) is 0.211. The predicted octanol–water partition coefficient (Wildman–Crippen LogP) is 1.85. The molecule has 0 radical (unpaired) electrons. The number of ether oxygens (including phenoxy) is 1. The summed E-state index contributed by atoms with van der Waals surface area (Å²) in [6.45, 7) is 0.956. The fourth-order valence-corrected chi connectivity index (χ4v) is 2.87. The van der Waals surface area contributed by atoms with Crippen LogP contribution in [0.1, 0.15) is 18.5 Å². The van der Waals surface area contributed by atoms with Gasteiger partial charge in [0.15, 0.2) is 0 Å². The van der Waals surface area contributed by atoms with Crippen LogP contribution < -0.4 is 21.3 Å². The van der Waals surface area contributed by atoms with E-state index in [0.717, 1.165) is 10.6 Å². The van der Waals surface area contributed by atoms with E-state index in [1.807, 2.05) is 0 Å². The van der Waals surface area contributed by atoms with Gasteiger partial charge in [0.05, 0.1) is 24.1 Å². The summed E-state index contributed by atoms with van der Waals surface area (Å²) in [5.74, 6) is -1.74. The molecule has 1 amide bonds. The molecule has 0 aliphatic heterocycles. The molecule has 1 aromatic heterocycles. The lowest BCUT2D eigenvalue weighted by Crippen LogP contribution is -2.41. The molecule has 28 heavy (non-hydrogen) atoms. The first-order valence-electron chi connectivity index (χ1n) is 8.35. The maximum Gasteiger partial charge on any atom is 0.329 e. The van der Waals surface area contributed by atoms with Gasteiger partial charge in [0.2, 0.25) is 5.91 Å². The van der Waals surface area contributed by atoms with Gasteiger partial charge in [-0.05, 0) is 25.1 Å². The van der Waals surface area contributed by atoms with Gasteiger partial charge in [-0.3, -0.25) is 14.2 Å². The number of H-pyrrole nitrogens is 1. The van der Waals surface area contributed by atoms with Crippen LogP contribution in [0.25, 0.3) is 10.9 Å². The van der Waals surface area contributed by atoms with Crippen molar-refractivity contribution in [2.24, 2.45) is 0 Å². The van der Waals surface area contributed by atoms with Crippen LogP contribution in [0.3, 0.4) is 0 Å². The zero-order valence-corrected chi connectivity index (χ0v) is 15.1. The summed E-state index contributed by atoms with van der Waals surface area (Å²) in [7, 11) is 1.45. The van der Waals surface area contributed by atoms with Gasteiger partial charge in [-0.25, -0.2) is 13.6 Å². The number of benzene rings is 2. The van der Waals surface area contributed by atoms with E-state index in [4.69, 9.17) is 4.74 Å². The molecular formula is C19H17F2N3O4. The number of nitrogens with one attached hydrogen (secondary N) is 2. The van der Waals surface area contributed by atoms with E-state index in [-0.39, 0.29) is 16.5 Å². The first-order valence-corrected chi connectivity index (χ1v) is 8.35. The molecule has 0 bridgehead atoms. The van der Waals surface area contributed by atoms with Gasteiger partial charge in [-0.15, -0.1) is 0 Å². The molecule has 7 nitrogen and oxygen atoms in total. The highest BCUT2D eigenvalue weighted by Gasteiger charge is 2.17. The monoisotopic (exact) mass is 389 g/mol. The SMILES string of the molecule is COc1ccc2c(=O)n(CC(=O)N[C@@H](C)c3ccc(F)cc3F)c(=O)[nH]c2c1. The third-order valence-corrected chi connectivity index (χ3v) is 4.30. The maximum atomic E-state index is 13.8. The molecule has 1 heterocycles. The molecule has 0 unspecified atom stereocenters. The number of hydrogen-bond acceptors (Lipinski definition) is 4. The van der Waals surface area contributed by atoms with Crippen LogP contribution in [0.5, 0.6) is 5.75 Å².